The fourth-order valence-corrected chi connectivity index (χ4v) is 2.63. The Kier molecular flexibility index (Phi) is 4.95. The molecule has 0 spiro atoms. The Bertz CT molecular complexity index is 471. The number of hydrogen-bond donors (Lipinski definition) is 1. The van der Waals surface area contributed by atoms with Gasteiger partial charge in [0.2, 0.25) is 0 Å². The summed E-state index contributed by atoms with van der Waals surface area (Å²) in [5.74, 6) is 0.236. The van der Waals surface area contributed by atoms with E-state index in [0.717, 1.165) is 19.3 Å². The van der Waals surface area contributed by atoms with Gasteiger partial charge in [-0.05, 0) is 43.9 Å². The first-order valence-corrected chi connectivity index (χ1v) is 6.98. The summed E-state index contributed by atoms with van der Waals surface area (Å²) in [6, 6.07) is 4.34. The van der Waals surface area contributed by atoms with Gasteiger partial charge in [-0.15, -0.1) is 0 Å². The summed E-state index contributed by atoms with van der Waals surface area (Å²) >= 11 is 0. The average Bonchev–Trinajstić information content (AvgIpc) is 2.47. The summed E-state index contributed by atoms with van der Waals surface area (Å²) in [5, 5.41) is 0. The average molecular weight is 280 g/mol. The first-order chi connectivity index (χ1) is 9.65. The van der Waals surface area contributed by atoms with Gasteiger partial charge in [0.15, 0.2) is 0 Å². The van der Waals surface area contributed by atoms with E-state index in [1.807, 2.05) is 0 Å². The predicted molar refractivity (Wildman–Crippen MR) is 75.3 cm³/mol. The maximum atomic E-state index is 13.9. The number of nitrogens with two attached hydrogens (primary N) is 1. The van der Waals surface area contributed by atoms with Crippen LogP contribution in [0.25, 0.3) is 0 Å². The number of likely N-dealkylation sites (tertiary alicyclic amines) is 1. The van der Waals surface area contributed by atoms with Crippen LogP contribution in [0.2, 0.25) is 0 Å². The number of rotatable bonds is 4. The fraction of sp³-hybridized carbons (Fsp3) is 0.533. The molecule has 1 fully saturated rings. The molecule has 1 saturated heterocycles. The number of nitrogens with zero attached hydrogens (tertiary/aromatic N) is 1. The number of ether oxygens (including phenoxy) is 1. The molecule has 0 bridgehead atoms. The van der Waals surface area contributed by atoms with Gasteiger partial charge in [0.1, 0.15) is 11.6 Å². The minimum atomic E-state index is -0.529. The molecule has 110 valence electrons. The van der Waals surface area contributed by atoms with Crippen molar-refractivity contribution in [2.45, 2.75) is 19.3 Å². The van der Waals surface area contributed by atoms with Gasteiger partial charge in [0.05, 0.1) is 12.7 Å². The van der Waals surface area contributed by atoms with Gasteiger partial charge in [-0.25, -0.2) is 4.39 Å². The Balaban J connectivity index is 2.02. The number of hydrogen-bond acceptors (Lipinski definition) is 3. The molecule has 1 aromatic carbocycles. The number of methoxy groups -OCH3 is 1. The predicted octanol–water partition coefficient (Wildman–Crippen LogP) is 2.04. The lowest BCUT2D eigenvalue weighted by Gasteiger charge is -2.32. The van der Waals surface area contributed by atoms with Crippen LogP contribution >= 0.6 is 0 Å². The normalized spacial score (nSPS) is 16.2. The highest BCUT2D eigenvalue weighted by atomic mass is 19.1. The second-order valence-electron chi connectivity index (χ2n) is 5.16. The van der Waals surface area contributed by atoms with Crippen LogP contribution in [-0.4, -0.2) is 37.6 Å². The van der Waals surface area contributed by atoms with Crippen LogP contribution in [0.3, 0.4) is 0 Å². The molecule has 0 aliphatic carbocycles. The van der Waals surface area contributed by atoms with Gasteiger partial charge >= 0.3 is 0 Å². The Morgan fingerprint density at radius 1 is 1.45 bits per heavy atom. The highest BCUT2D eigenvalue weighted by Crippen LogP contribution is 2.23. The van der Waals surface area contributed by atoms with Crippen molar-refractivity contribution in [1.82, 2.24) is 4.90 Å². The zero-order valence-corrected chi connectivity index (χ0v) is 11.8. The monoisotopic (exact) mass is 280 g/mol. The van der Waals surface area contributed by atoms with Crippen LogP contribution in [0.15, 0.2) is 18.2 Å². The second-order valence-corrected chi connectivity index (χ2v) is 5.16. The van der Waals surface area contributed by atoms with E-state index in [1.165, 1.54) is 19.2 Å². The molecule has 0 aromatic heterocycles. The summed E-state index contributed by atoms with van der Waals surface area (Å²) in [6.45, 7) is 2.04. The zero-order chi connectivity index (χ0) is 14.5. The quantitative estimate of drug-likeness (QED) is 0.918. The second kappa shape index (κ2) is 6.70. The van der Waals surface area contributed by atoms with E-state index in [-0.39, 0.29) is 11.5 Å². The maximum absolute atomic E-state index is 13.9. The first-order valence-electron chi connectivity index (χ1n) is 6.98. The molecule has 1 aliphatic rings. The highest BCUT2D eigenvalue weighted by molar-refractivity contribution is 5.94. The Morgan fingerprint density at radius 2 is 2.15 bits per heavy atom. The van der Waals surface area contributed by atoms with Crippen LogP contribution < -0.4 is 10.5 Å². The molecule has 20 heavy (non-hydrogen) atoms. The molecule has 0 atom stereocenters. The van der Waals surface area contributed by atoms with Crippen LogP contribution in [-0.2, 0) is 0 Å². The van der Waals surface area contributed by atoms with E-state index >= 15 is 0 Å². The minimum Gasteiger partial charge on any atom is -0.497 e. The van der Waals surface area contributed by atoms with Crippen LogP contribution in [0.4, 0.5) is 4.39 Å². The van der Waals surface area contributed by atoms with E-state index in [2.05, 4.69) is 0 Å². The van der Waals surface area contributed by atoms with Gasteiger partial charge < -0.3 is 15.4 Å². The first kappa shape index (κ1) is 14.8. The van der Waals surface area contributed by atoms with Crippen LogP contribution in [0.5, 0.6) is 5.75 Å². The van der Waals surface area contributed by atoms with Crippen molar-refractivity contribution in [1.29, 1.82) is 0 Å². The van der Waals surface area contributed by atoms with Crippen molar-refractivity contribution >= 4 is 5.91 Å². The minimum absolute atomic E-state index is 0.114. The molecule has 2 N–H and O–H groups in total. The molecular weight excluding hydrogens is 259 g/mol. The van der Waals surface area contributed by atoms with Crippen molar-refractivity contribution in [2.75, 3.05) is 26.7 Å². The van der Waals surface area contributed by atoms with Crippen LogP contribution in [0, 0.1) is 11.7 Å². The van der Waals surface area contributed by atoms with Crippen molar-refractivity contribution in [3.63, 3.8) is 0 Å². The van der Waals surface area contributed by atoms with Gasteiger partial charge in [0, 0.05) is 19.2 Å². The highest BCUT2D eigenvalue weighted by Gasteiger charge is 2.25. The smallest absolute Gasteiger partial charge is 0.256 e. The van der Waals surface area contributed by atoms with Gasteiger partial charge in [-0.3, -0.25) is 4.79 Å². The van der Waals surface area contributed by atoms with Crippen molar-refractivity contribution in [3.8, 4) is 5.75 Å². The molecule has 1 heterocycles. The van der Waals surface area contributed by atoms with Gasteiger partial charge in [-0.1, -0.05) is 0 Å². The number of benzene rings is 1. The summed E-state index contributed by atoms with van der Waals surface area (Å²) in [4.78, 5) is 14.0. The third-order valence-electron chi connectivity index (χ3n) is 3.88. The lowest BCUT2D eigenvalue weighted by Crippen LogP contribution is -2.39. The van der Waals surface area contributed by atoms with Crippen molar-refractivity contribution < 1.29 is 13.9 Å². The molecule has 0 saturated carbocycles. The number of halogens is 1. The molecule has 4 nitrogen and oxygen atoms in total. The molecule has 5 heteroatoms. The summed E-state index contributed by atoms with van der Waals surface area (Å²) < 4.78 is 18.8. The summed E-state index contributed by atoms with van der Waals surface area (Å²) in [6.07, 6.45) is 2.89. The van der Waals surface area contributed by atoms with Gasteiger partial charge in [0.25, 0.3) is 5.91 Å². The molecular formula is C15H21FN2O2. The van der Waals surface area contributed by atoms with Gasteiger partial charge in [-0.2, -0.15) is 0 Å². The Hall–Kier alpha value is -1.62. The SMILES string of the molecule is COc1ccc(C(=O)N2CCC(CCN)CC2)c(F)c1. The molecule has 1 aromatic rings. The standard InChI is InChI=1S/C15H21FN2O2/c1-20-12-2-3-13(14(16)10-12)15(19)18-8-5-11(4-7-17)6-9-18/h2-3,10-11H,4-9,17H2,1H3. The third-order valence-corrected chi connectivity index (χ3v) is 3.88. The van der Waals surface area contributed by atoms with E-state index in [1.54, 1.807) is 11.0 Å². The fourth-order valence-electron chi connectivity index (χ4n) is 2.63. The summed E-state index contributed by atoms with van der Waals surface area (Å²) in [7, 11) is 1.47. The number of amides is 1. The molecule has 0 radical (unpaired) electrons. The number of piperidine rings is 1. The molecule has 0 unspecified atom stereocenters. The van der Waals surface area contributed by atoms with E-state index in [0.29, 0.717) is 31.3 Å². The molecule has 2 rings (SSSR count). The lowest BCUT2D eigenvalue weighted by molar-refractivity contribution is 0.0683. The topological polar surface area (TPSA) is 55.6 Å². The largest absolute Gasteiger partial charge is 0.497 e. The van der Waals surface area contributed by atoms with Crippen molar-refractivity contribution in [2.24, 2.45) is 11.7 Å². The Labute approximate surface area is 118 Å². The molecule has 1 aliphatic heterocycles. The van der Waals surface area contributed by atoms with Crippen LogP contribution in [0.1, 0.15) is 29.6 Å². The van der Waals surface area contributed by atoms with Crippen molar-refractivity contribution in [3.05, 3.63) is 29.6 Å². The van der Waals surface area contributed by atoms with E-state index in [4.69, 9.17) is 10.5 Å². The Morgan fingerprint density at radius 3 is 2.70 bits per heavy atom. The zero-order valence-electron chi connectivity index (χ0n) is 11.8. The molecule has 1 amide bonds. The summed E-state index contributed by atoms with van der Waals surface area (Å²) in [5.41, 5.74) is 5.66. The van der Waals surface area contributed by atoms with E-state index in [9.17, 15) is 9.18 Å². The third kappa shape index (κ3) is 3.28. The van der Waals surface area contributed by atoms with E-state index < -0.39 is 5.82 Å². The lowest BCUT2D eigenvalue weighted by atomic mass is 9.93. The number of carbonyl (C=O) groups is 1. The maximum Gasteiger partial charge on any atom is 0.256 e. The number of carbonyl (C=O) groups excluding carboxylic acids is 1.